The van der Waals surface area contributed by atoms with Gasteiger partial charge in [-0.1, -0.05) is 68.6 Å². The first-order valence-corrected chi connectivity index (χ1v) is 29.1. The van der Waals surface area contributed by atoms with Gasteiger partial charge in [-0.2, -0.15) is 30.9 Å². The van der Waals surface area contributed by atoms with Crippen molar-refractivity contribution in [2.24, 2.45) is 17.3 Å². The predicted molar refractivity (Wildman–Crippen MR) is 321 cm³/mol. The van der Waals surface area contributed by atoms with Crippen molar-refractivity contribution < 1.29 is 32.9 Å². The highest BCUT2D eigenvalue weighted by Gasteiger charge is 2.38. The highest BCUT2D eigenvalue weighted by atomic mass is 32.1. The highest BCUT2D eigenvalue weighted by molar-refractivity contribution is 7.21. The van der Waals surface area contributed by atoms with Gasteiger partial charge in [0.15, 0.2) is 11.6 Å². The summed E-state index contributed by atoms with van der Waals surface area (Å²) in [4.78, 5) is 87.3. The lowest BCUT2D eigenvalue weighted by molar-refractivity contribution is -0.127. The van der Waals surface area contributed by atoms with Gasteiger partial charge in [0, 0.05) is 35.1 Å². The fraction of sp³-hybridized carbons (Fsp3) is 0.467. The number of carbonyl (C=O) groups excluding carboxylic acids is 2. The van der Waals surface area contributed by atoms with Crippen LogP contribution in [0.5, 0.6) is 11.5 Å². The molecule has 0 saturated heterocycles. The smallest absolute Gasteiger partial charge is 0.333 e. The van der Waals surface area contributed by atoms with E-state index in [-0.39, 0.29) is 74.4 Å². The lowest BCUT2D eigenvalue weighted by atomic mass is 9.91. The van der Waals surface area contributed by atoms with Crippen molar-refractivity contribution in [1.29, 1.82) is 10.5 Å². The third-order valence-electron chi connectivity index (χ3n) is 14.4. The van der Waals surface area contributed by atoms with Crippen LogP contribution in [0.25, 0.3) is 30.4 Å². The Balaban J connectivity index is 0.000000244. The van der Waals surface area contributed by atoms with Crippen LogP contribution in [0, 0.1) is 59.6 Å². The quantitative estimate of drug-likeness (QED) is 0.0510. The molecule has 0 radical (unpaired) electrons. The molecule has 0 fully saturated rings. The van der Waals surface area contributed by atoms with Crippen LogP contribution in [0.2, 0.25) is 0 Å². The number of methoxy groups -OCH3 is 2. The number of Topliss-reactive ketones (excluding diaryl/α,β-unsaturated/α-hetero) is 2. The fourth-order valence-electron chi connectivity index (χ4n) is 9.78. The van der Waals surface area contributed by atoms with Gasteiger partial charge in [0.25, 0.3) is 11.1 Å². The van der Waals surface area contributed by atoms with Crippen LogP contribution in [0.4, 0.5) is 4.39 Å². The standard InChI is InChI=1S/C31H37FN6O5S.C29H34N6O5S/c1-18(2)13-24(39)31(6,7)37-26(40)25-19(3)27(38-34-11-12-35-38)44-28(25)36(29(37)41)15-23(43-17-30(4,5)16-33)21-14-20(32)9-10-22(21)42-8;1-18(2)16-23(36)29(4,5)34-25(37)24-19(3)26(35-31-13-14-32-35)41-27(24)33(28(34)38)17-22(40-15-9-12-30)20-10-7-8-11-21(20)39-6/h9-12,14,18,23H,13,15,17H2,1-8H3;7-8,10-11,13-14,18,22H,9,15-17H2,1-6H3/t23-;22-/m00/s1. The van der Waals surface area contributed by atoms with Gasteiger partial charge in [-0.15, -0.1) is 9.59 Å². The second kappa shape index (κ2) is 26.4. The molecule has 0 saturated carbocycles. The van der Waals surface area contributed by atoms with Crippen LogP contribution in [0.1, 0.15) is 123 Å². The average molecular weight is 1200 g/mol. The highest BCUT2D eigenvalue weighted by Crippen LogP contribution is 2.37. The lowest BCUT2D eigenvalue weighted by Crippen LogP contribution is -2.53. The molecule has 8 rings (SSSR count). The first-order valence-electron chi connectivity index (χ1n) is 27.5. The third-order valence-corrected chi connectivity index (χ3v) is 17.0. The van der Waals surface area contributed by atoms with Crippen molar-refractivity contribution >= 4 is 54.7 Å². The minimum atomic E-state index is -1.48. The Labute approximate surface area is 498 Å². The summed E-state index contributed by atoms with van der Waals surface area (Å²) in [7, 11) is 2.98. The minimum Gasteiger partial charge on any atom is -0.496 e. The number of fused-ring (bicyclic) bond motifs is 2. The van der Waals surface area contributed by atoms with E-state index < -0.39 is 57.0 Å². The lowest BCUT2D eigenvalue weighted by Gasteiger charge is -2.29. The molecule has 0 bridgehead atoms. The zero-order valence-corrected chi connectivity index (χ0v) is 51.9. The molecule has 0 unspecified atom stereocenters. The second-order valence-corrected chi connectivity index (χ2v) is 24.9. The van der Waals surface area contributed by atoms with Crippen LogP contribution < -0.4 is 32.0 Å². The number of aromatic nitrogens is 10. The number of ketones is 2. The van der Waals surface area contributed by atoms with E-state index in [1.54, 1.807) is 68.6 Å². The summed E-state index contributed by atoms with van der Waals surface area (Å²) >= 11 is 2.36. The van der Waals surface area contributed by atoms with Gasteiger partial charge in [-0.25, -0.2) is 23.1 Å². The normalized spacial score (nSPS) is 12.7. The first-order chi connectivity index (χ1) is 40.1. The van der Waals surface area contributed by atoms with Crippen molar-refractivity contribution in [2.75, 3.05) is 27.4 Å². The molecule has 6 aromatic heterocycles. The molecule has 0 N–H and O–H groups in total. The Kier molecular flexibility index (Phi) is 19.9. The summed E-state index contributed by atoms with van der Waals surface area (Å²) in [6, 6.07) is 15.5. The number of hydrogen-bond donors (Lipinski definition) is 0. The van der Waals surface area contributed by atoms with Gasteiger partial charge >= 0.3 is 11.4 Å². The van der Waals surface area contributed by atoms with Gasteiger partial charge in [0.05, 0.1) is 100 Å². The molecule has 0 aliphatic rings. The monoisotopic (exact) mass is 1200 g/mol. The summed E-state index contributed by atoms with van der Waals surface area (Å²) in [5, 5.41) is 37.3. The van der Waals surface area contributed by atoms with Crippen LogP contribution in [0.3, 0.4) is 0 Å². The van der Waals surface area contributed by atoms with Crippen molar-refractivity contribution in [2.45, 2.75) is 139 Å². The number of rotatable bonds is 24. The molecule has 0 aliphatic heterocycles. The number of halogens is 1. The van der Waals surface area contributed by atoms with Gasteiger partial charge in [-0.3, -0.25) is 28.3 Å². The van der Waals surface area contributed by atoms with E-state index in [1.807, 2.05) is 45.9 Å². The molecule has 450 valence electrons. The summed E-state index contributed by atoms with van der Waals surface area (Å²) in [6.45, 7) is 20.8. The molecule has 6 heterocycles. The summed E-state index contributed by atoms with van der Waals surface area (Å²) in [6.07, 6.45) is 4.91. The second-order valence-electron chi connectivity index (χ2n) is 23.0. The zero-order valence-electron chi connectivity index (χ0n) is 50.3. The van der Waals surface area contributed by atoms with Gasteiger partial charge < -0.3 is 18.9 Å². The van der Waals surface area contributed by atoms with Crippen molar-refractivity contribution in [1.82, 2.24) is 48.3 Å². The van der Waals surface area contributed by atoms with Crippen molar-refractivity contribution in [3.8, 4) is 33.6 Å². The molecule has 2 atom stereocenters. The van der Waals surface area contributed by atoms with Crippen LogP contribution in [-0.2, 0) is 43.2 Å². The van der Waals surface area contributed by atoms with Crippen LogP contribution in [0.15, 0.2) is 86.4 Å². The van der Waals surface area contributed by atoms with E-state index in [2.05, 4.69) is 32.5 Å². The molecular weight excluding hydrogens is 1130 g/mol. The van der Waals surface area contributed by atoms with E-state index in [4.69, 9.17) is 24.2 Å². The third kappa shape index (κ3) is 13.3. The van der Waals surface area contributed by atoms with Gasteiger partial charge in [-0.05, 0) is 91.5 Å². The van der Waals surface area contributed by atoms with E-state index in [0.717, 1.165) is 20.5 Å². The summed E-state index contributed by atoms with van der Waals surface area (Å²) in [5.74, 6) is -0.0993. The van der Waals surface area contributed by atoms with E-state index in [0.29, 0.717) is 58.8 Å². The van der Waals surface area contributed by atoms with Crippen LogP contribution >= 0.6 is 22.7 Å². The molecule has 0 spiro atoms. The fourth-order valence-corrected chi connectivity index (χ4v) is 12.2. The number of aryl methyl sites for hydroxylation is 2. The molecule has 0 aliphatic carbocycles. The summed E-state index contributed by atoms with van der Waals surface area (Å²) in [5.41, 5.74) is -4.18. The van der Waals surface area contributed by atoms with E-state index >= 15 is 0 Å². The number of para-hydroxylation sites is 1. The number of carbonyl (C=O) groups is 2. The van der Waals surface area contributed by atoms with Crippen molar-refractivity contribution in [3.63, 3.8) is 0 Å². The van der Waals surface area contributed by atoms with Crippen molar-refractivity contribution in [3.05, 3.63) is 137 Å². The Morgan fingerprint density at radius 2 is 1.08 bits per heavy atom. The maximum Gasteiger partial charge on any atom is 0.333 e. The number of ether oxygens (including phenoxy) is 4. The van der Waals surface area contributed by atoms with E-state index in [1.165, 1.54) is 80.2 Å². The Morgan fingerprint density at radius 1 is 0.647 bits per heavy atom. The number of nitriles is 2. The predicted octanol–water partition coefficient (Wildman–Crippen LogP) is 9.06. The van der Waals surface area contributed by atoms with E-state index in [9.17, 15) is 38.4 Å². The molecule has 22 nitrogen and oxygen atoms in total. The maximum absolute atomic E-state index is 14.6. The van der Waals surface area contributed by atoms with Gasteiger partial charge in [0.2, 0.25) is 0 Å². The van der Waals surface area contributed by atoms with Gasteiger partial charge in [0.1, 0.15) is 60.3 Å². The molecular formula is C60H71FN12O10S2. The zero-order chi connectivity index (χ0) is 62.5. The first kappa shape index (κ1) is 64.3. The number of benzene rings is 2. The molecule has 8 aromatic rings. The SMILES string of the molecule is COc1ccc(F)cc1[C@H](Cn1c(=O)n(C(C)(C)C(=O)CC(C)C)c(=O)c2c(C)c(-n3nccn3)sc21)OCC(C)(C)C#N.COc1ccccc1[C@H](Cn1c(=O)n(C(C)(C)C(=O)CC(C)C)c(=O)c2c(C)c(-n3nccn3)sc21)OCCC#N. The Bertz CT molecular complexity index is 4080. The topological polar surface area (TPSA) is 268 Å². The van der Waals surface area contributed by atoms with Crippen LogP contribution in [-0.4, -0.2) is 87.3 Å². The molecule has 0 amide bonds. The minimum absolute atomic E-state index is 0.00178. The molecule has 85 heavy (non-hydrogen) atoms. The summed E-state index contributed by atoms with van der Waals surface area (Å²) < 4.78 is 43.0. The maximum atomic E-state index is 14.6. The number of thiophene rings is 2. The number of nitrogens with zero attached hydrogens (tertiary/aromatic N) is 12. The Morgan fingerprint density at radius 3 is 1.51 bits per heavy atom. The number of hydrogen-bond acceptors (Lipinski definition) is 18. The largest absolute Gasteiger partial charge is 0.496 e. The Hall–Kier alpha value is -8.23. The average Bonchev–Trinajstić information content (AvgIpc) is 1.91. The molecule has 25 heteroatoms. The molecule has 2 aromatic carbocycles.